The maximum absolute atomic E-state index is 4.40. The molecule has 0 aliphatic rings. The van der Waals surface area contributed by atoms with E-state index in [0.717, 1.165) is 28.3 Å². The van der Waals surface area contributed by atoms with Gasteiger partial charge in [-0.1, -0.05) is 29.8 Å². The number of nitrogens with zero attached hydrogens (tertiary/aromatic N) is 1. The van der Waals surface area contributed by atoms with Crippen molar-refractivity contribution in [3.05, 3.63) is 46.5 Å². The second-order valence-electron chi connectivity index (χ2n) is 4.63. The highest BCUT2D eigenvalue weighted by Gasteiger charge is 2.02. The van der Waals surface area contributed by atoms with Crippen LogP contribution in [0.25, 0.3) is 0 Å². The standard InChI is InChI=1S/C14H18BrN3S/c1-10(2)16-7-12-8-17-14(18-12)9-19-13-5-3-11(15)4-6-13/h3-6,8,10,16H,7,9H2,1-2H3,(H,17,18). The Hall–Kier alpha value is -0.780. The van der Waals surface area contributed by atoms with E-state index in [1.807, 2.05) is 6.20 Å². The average Bonchev–Trinajstić information content (AvgIpc) is 2.84. The fourth-order valence-corrected chi connectivity index (χ4v) is 2.61. The molecule has 0 radical (unpaired) electrons. The molecule has 2 aromatic rings. The Morgan fingerprint density at radius 1 is 1.32 bits per heavy atom. The van der Waals surface area contributed by atoms with Crippen molar-refractivity contribution in [2.75, 3.05) is 0 Å². The van der Waals surface area contributed by atoms with Crippen LogP contribution in [0, 0.1) is 0 Å². The van der Waals surface area contributed by atoms with Crippen LogP contribution in [0.2, 0.25) is 0 Å². The van der Waals surface area contributed by atoms with Crippen LogP contribution in [-0.4, -0.2) is 16.0 Å². The summed E-state index contributed by atoms with van der Waals surface area (Å²) in [4.78, 5) is 9.00. The third-order valence-corrected chi connectivity index (χ3v) is 4.12. The number of H-pyrrole nitrogens is 1. The number of imidazole rings is 1. The zero-order valence-corrected chi connectivity index (χ0v) is 13.5. The van der Waals surface area contributed by atoms with Gasteiger partial charge in [-0.05, 0) is 24.3 Å². The van der Waals surface area contributed by atoms with Crippen molar-refractivity contribution in [1.82, 2.24) is 15.3 Å². The highest BCUT2D eigenvalue weighted by atomic mass is 79.9. The van der Waals surface area contributed by atoms with Crippen molar-refractivity contribution in [2.24, 2.45) is 0 Å². The lowest BCUT2D eigenvalue weighted by molar-refractivity contribution is 0.582. The van der Waals surface area contributed by atoms with Gasteiger partial charge in [-0.15, -0.1) is 11.8 Å². The summed E-state index contributed by atoms with van der Waals surface area (Å²) in [6, 6.07) is 8.83. The van der Waals surface area contributed by atoms with E-state index in [2.05, 4.69) is 69.3 Å². The second kappa shape index (κ2) is 7.12. The second-order valence-corrected chi connectivity index (χ2v) is 6.60. The topological polar surface area (TPSA) is 40.7 Å². The first-order valence-corrected chi connectivity index (χ1v) is 8.06. The lowest BCUT2D eigenvalue weighted by atomic mass is 10.4. The Morgan fingerprint density at radius 2 is 2.05 bits per heavy atom. The molecule has 0 atom stereocenters. The maximum Gasteiger partial charge on any atom is 0.116 e. The first-order chi connectivity index (χ1) is 9.13. The molecule has 1 aromatic heterocycles. The van der Waals surface area contributed by atoms with Crippen molar-refractivity contribution in [3.63, 3.8) is 0 Å². The summed E-state index contributed by atoms with van der Waals surface area (Å²) < 4.78 is 1.11. The van der Waals surface area contributed by atoms with Gasteiger partial charge in [0.2, 0.25) is 0 Å². The van der Waals surface area contributed by atoms with E-state index in [9.17, 15) is 0 Å². The lowest BCUT2D eigenvalue weighted by Gasteiger charge is -2.05. The number of rotatable bonds is 6. The third-order valence-electron chi connectivity index (χ3n) is 2.57. The predicted molar refractivity (Wildman–Crippen MR) is 84.3 cm³/mol. The minimum absolute atomic E-state index is 0.490. The molecule has 0 saturated heterocycles. The first-order valence-electron chi connectivity index (χ1n) is 6.28. The quantitative estimate of drug-likeness (QED) is 0.782. The number of hydrogen-bond donors (Lipinski definition) is 2. The summed E-state index contributed by atoms with van der Waals surface area (Å²) in [7, 11) is 0. The minimum Gasteiger partial charge on any atom is -0.344 e. The smallest absolute Gasteiger partial charge is 0.116 e. The molecule has 1 heterocycles. The summed E-state index contributed by atoms with van der Waals surface area (Å²) in [5, 5.41) is 3.37. The molecular formula is C14H18BrN3S. The van der Waals surface area contributed by atoms with Gasteiger partial charge in [0.15, 0.2) is 0 Å². The Labute approximate surface area is 126 Å². The largest absolute Gasteiger partial charge is 0.344 e. The van der Waals surface area contributed by atoms with E-state index in [-0.39, 0.29) is 0 Å². The van der Waals surface area contributed by atoms with Crippen LogP contribution in [0.4, 0.5) is 0 Å². The fraction of sp³-hybridized carbons (Fsp3) is 0.357. The molecule has 0 aliphatic carbocycles. The van der Waals surface area contributed by atoms with Gasteiger partial charge in [0, 0.05) is 33.8 Å². The number of benzene rings is 1. The van der Waals surface area contributed by atoms with E-state index < -0.39 is 0 Å². The van der Waals surface area contributed by atoms with Crippen LogP contribution in [0.5, 0.6) is 0 Å². The van der Waals surface area contributed by atoms with Gasteiger partial charge >= 0.3 is 0 Å². The number of thioether (sulfide) groups is 1. The highest BCUT2D eigenvalue weighted by Crippen LogP contribution is 2.23. The van der Waals surface area contributed by atoms with E-state index in [1.54, 1.807) is 11.8 Å². The maximum atomic E-state index is 4.40. The Bertz CT molecular complexity index is 508. The summed E-state index contributed by atoms with van der Waals surface area (Å²) in [5.41, 5.74) is 1.14. The zero-order chi connectivity index (χ0) is 13.7. The highest BCUT2D eigenvalue weighted by molar-refractivity contribution is 9.10. The summed E-state index contributed by atoms with van der Waals surface area (Å²) in [6.07, 6.45) is 1.91. The molecule has 0 unspecified atom stereocenters. The number of halogens is 1. The van der Waals surface area contributed by atoms with Gasteiger partial charge in [0.25, 0.3) is 0 Å². The van der Waals surface area contributed by atoms with Gasteiger partial charge < -0.3 is 10.3 Å². The summed E-state index contributed by atoms with van der Waals surface area (Å²) in [5.74, 6) is 1.89. The lowest BCUT2D eigenvalue weighted by Crippen LogP contribution is -2.21. The van der Waals surface area contributed by atoms with E-state index in [1.165, 1.54) is 4.90 Å². The molecule has 0 amide bonds. The number of nitrogens with one attached hydrogen (secondary N) is 2. The van der Waals surface area contributed by atoms with Crippen LogP contribution in [-0.2, 0) is 12.3 Å². The molecule has 0 saturated carbocycles. The normalized spacial score (nSPS) is 11.2. The van der Waals surface area contributed by atoms with E-state index >= 15 is 0 Å². The van der Waals surface area contributed by atoms with Gasteiger partial charge in [-0.3, -0.25) is 0 Å². The molecule has 19 heavy (non-hydrogen) atoms. The van der Waals surface area contributed by atoms with Crippen molar-refractivity contribution < 1.29 is 0 Å². The molecule has 2 N–H and O–H groups in total. The van der Waals surface area contributed by atoms with E-state index in [0.29, 0.717) is 6.04 Å². The van der Waals surface area contributed by atoms with Crippen LogP contribution >= 0.6 is 27.7 Å². The first kappa shape index (κ1) is 14.6. The van der Waals surface area contributed by atoms with Gasteiger partial charge in [-0.25, -0.2) is 4.98 Å². The summed E-state index contributed by atoms with van der Waals surface area (Å²) in [6.45, 7) is 5.12. The molecule has 0 aliphatic heterocycles. The number of hydrogen-bond acceptors (Lipinski definition) is 3. The van der Waals surface area contributed by atoms with E-state index in [4.69, 9.17) is 0 Å². The van der Waals surface area contributed by atoms with Crippen LogP contribution in [0.15, 0.2) is 39.8 Å². The fourth-order valence-electron chi connectivity index (χ4n) is 1.57. The van der Waals surface area contributed by atoms with Gasteiger partial charge in [0.1, 0.15) is 5.82 Å². The molecule has 5 heteroatoms. The molecule has 0 spiro atoms. The van der Waals surface area contributed by atoms with Crippen molar-refractivity contribution in [3.8, 4) is 0 Å². The Morgan fingerprint density at radius 3 is 2.74 bits per heavy atom. The molecule has 1 aromatic carbocycles. The van der Waals surface area contributed by atoms with Gasteiger partial charge in [-0.2, -0.15) is 0 Å². The SMILES string of the molecule is CC(C)NCc1cnc(CSc2ccc(Br)cc2)[nH]1. The van der Waals surface area contributed by atoms with Crippen molar-refractivity contribution in [1.29, 1.82) is 0 Å². The van der Waals surface area contributed by atoms with Gasteiger partial charge in [0.05, 0.1) is 5.75 Å². The van der Waals surface area contributed by atoms with Crippen LogP contribution in [0.1, 0.15) is 25.4 Å². The van der Waals surface area contributed by atoms with Crippen LogP contribution in [0.3, 0.4) is 0 Å². The summed E-state index contributed by atoms with van der Waals surface area (Å²) >= 11 is 5.22. The molecule has 0 fully saturated rings. The molecule has 0 bridgehead atoms. The van der Waals surface area contributed by atoms with Crippen LogP contribution < -0.4 is 5.32 Å². The third kappa shape index (κ3) is 5.01. The van der Waals surface area contributed by atoms with Crippen molar-refractivity contribution >= 4 is 27.7 Å². The van der Waals surface area contributed by atoms with Crippen molar-refractivity contribution in [2.45, 2.75) is 37.1 Å². The molecule has 3 nitrogen and oxygen atoms in total. The Balaban J connectivity index is 1.84. The number of aromatic amines is 1. The molecular weight excluding hydrogens is 322 g/mol. The Kier molecular flexibility index (Phi) is 5.48. The number of aromatic nitrogens is 2. The minimum atomic E-state index is 0.490. The molecule has 2 rings (SSSR count). The average molecular weight is 340 g/mol. The monoisotopic (exact) mass is 339 g/mol. The molecule has 102 valence electrons. The zero-order valence-electron chi connectivity index (χ0n) is 11.1. The predicted octanol–water partition coefficient (Wildman–Crippen LogP) is 3.96.